The van der Waals surface area contributed by atoms with Gasteiger partial charge in [0.2, 0.25) is 0 Å². The first-order valence-corrected chi connectivity index (χ1v) is 21.0. The van der Waals surface area contributed by atoms with Crippen LogP contribution in [0.5, 0.6) is 0 Å². The molecule has 9 aromatic rings. The number of rotatable bonds is 6. The fraction of sp³-hybridized carbons (Fsp3) is 0.138. The summed E-state index contributed by atoms with van der Waals surface area (Å²) < 4.78 is 0. The highest BCUT2D eigenvalue weighted by atomic mass is 14.3. The molecular formula is C58H48. The first-order chi connectivity index (χ1) is 28.5. The third-order valence-electron chi connectivity index (χ3n) is 12.9. The minimum atomic E-state index is 0.276. The summed E-state index contributed by atoms with van der Waals surface area (Å²) in [7, 11) is 0. The summed E-state index contributed by atoms with van der Waals surface area (Å²) in [5.74, 6) is 0.734. The molecule has 0 nitrogen and oxygen atoms in total. The molecule has 58 heavy (non-hydrogen) atoms. The summed E-state index contributed by atoms with van der Waals surface area (Å²) in [6.45, 7) is 9.07. The monoisotopic (exact) mass is 744 g/mol. The molecule has 280 valence electrons. The molecule has 0 bridgehead atoms. The largest absolute Gasteiger partial charge is 0.0767 e. The molecule has 1 aliphatic rings. The Bertz CT molecular complexity index is 3030. The summed E-state index contributed by atoms with van der Waals surface area (Å²) in [6.07, 6.45) is 9.30. The van der Waals surface area contributed by atoms with Crippen molar-refractivity contribution in [2.75, 3.05) is 0 Å². The smallest absolute Gasteiger partial charge is 0.00586 e. The quantitative estimate of drug-likeness (QED) is 0.149. The van der Waals surface area contributed by atoms with Gasteiger partial charge in [-0.15, -0.1) is 0 Å². The van der Waals surface area contributed by atoms with E-state index in [2.05, 4.69) is 210 Å². The van der Waals surface area contributed by atoms with E-state index in [0.717, 1.165) is 12.8 Å². The van der Waals surface area contributed by atoms with Gasteiger partial charge in [-0.05, 0) is 143 Å². The minimum absolute atomic E-state index is 0.276. The van der Waals surface area contributed by atoms with Crippen molar-refractivity contribution >= 4 is 48.7 Å². The van der Waals surface area contributed by atoms with E-state index in [-0.39, 0.29) is 5.92 Å². The highest BCUT2D eigenvalue weighted by Gasteiger charge is 2.27. The van der Waals surface area contributed by atoms with Crippen molar-refractivity contribution in [1.29, 1.82) is 0 Å². The first-order valence-electron chi connectivity index (χ1n) is 21.0. The van der Waals surface area contributed by atoms with Crippen LogP contribution < -0.4 is 0 Å². The number of hydrogen-bond donors (Lipinski definition) is 0. The molecule has 2 unspecified atom stereocenters. The first kappa shape index (κ1) is 35.9. The van der Waals surface area contributed by atoms with Gasteiger partial charge in [-0.1, -0.05) is 195 Å². The number of allylic oxidation sites excluding steroid dienone is 4. The average Bonchev–Trinajstić information content (AvgIpc) is 3.48. The Kier molecular flexibility index (Phi) is 9.14. The molecule has 0 spiro atoms. The Balaban J connectivity index is 1.14. The molecule has 0 heteroatoms. The van der Waals surface area contributed by atoms with Gasteiger partial charge in [-0.2, -0.15) is 0 Å². The Morgan fingerprint density at radius 2 is 0.983 bits per heavy atom. The number of benzene rings is 9. The highest BCUT2D eigenvalue weighted by molar-refractivity contribution is 6.24. The Morgan fingerprint density at radius 1 is 0.466 bits per heavy atom. The maximum absolute atomic E-state index is 2.48. The van der Waals surface area contributed by atoms with E-state index < -0.39 is 0 Å². The van der Waals surface area contributed by atoms with Crippen LogP contribution >= 0.6 is 0 Å². The standard InChI is InChI=1S/C58H48/c1-5-40-35-43(44-32-31-41-17-6-7-18-42(41)36-44)19-14-26-45(40)46-20-8-9-21-50(46)57-52-22-10-12-24-54(52)58(55-25-13-11-23-53(55)57)51-30-16-27-47-48(51)28-15-29-49(47)56-38(3)33-37(2)34-39(56)4/h6-34,36,40,45H,5,35H2,1-4H3. The fourth-order valence-corrected chi connectivity index (χ4v) is 10.4. The van der Waals surface area contributed by atoms with Gasteiger partial charge in [0.15, 0.2) is 0 Å². The van der Waals surface area contributed by atoms with Gasteiger partial charge in [0.05, 0.1) is 0 Å². The van der Waals surface area contributed by atoms with Crippen molar-refractivity contribution in [2.45, 2.75) is 46.5 Å². The van der Waals surface area contributed by atoms with E-state index in [1.165, 1.54) is 110 Å². The Hall–Kier alpha value is -6.50. The molecule has 1 aliphatic carbocycles. The van der Waals surface area contributed by atoms with E-state index >= 15 is 0 Å². The molecule has 9 aromatic carbocycles. The zero-order valence-electron chi connectivity index (χ0n) is 33.9. The zero-order chi connectivity index (χ0) is 39.3. The summed E-state index contributed by atoms with van der Waals surface area (Å²) in [5.41, 5.74) is 16.0. The van der Waals surface area contributed by atoms with Crippen molar-refractivity contribution in [2.24, 2.45) is 5.92 Å². The summed E-state index contributed by atoms with van der Waals surface area (Å²) in [5, 5.41) is 10.3. The second-order valence-corrected chi connectivity index (χ2v) is 16.4. The van der Waals surface area contributed by atoms with Gasteiger partial charge in [0.1, 0.15) is 0 Å². The van der Waals surface area contributed by atoms with Gasteiger partial charge in [0.25, 0.3) is 0 Å². The van der Waals surface area contributed by atoms with Crippen LogP contribution in [0.1, 0.15) is 53.5 Å². The van der Waals surface area contributed by atoms with Crippen LogP contribution in [-0.2, 0) is 0 Å². The summed E-state index contributed by atoms with van der Waals surface area (Å²) in [6, 6.07) is 61.6. The van der Waals surface area contributed by atoms with Gasteiger partial charge in [-0.3, -0.25) is 0 Å². The number of aryl methyl sites for hydroxylation is 3. The zero-order valence-corrected chi connectivity index (χ0v) is 33.9. The van der Waals surface area contributed by atoms with Crippen LogP contribution in [0.2, 0.25) is 0 Å². The van der Waals surface area contributed by atoms with E-state index in [4.69, 9.17) is 0 Å². The number of hydrogen-bond acceptors (Lipinski definition) is 0. The summed E-state index contributed by atoms with van der Waals surface area (Å²) in [4.78, 5) is 0. The SMILES string of the molecule is CCC1CC(c2ccc3ccccc3c2)=CC=CC1c1ccccc1-c1c2ccccc2c(-c2cccc3c(-c4c(C)cc(C)cc4C)cccc23)c2ccccc12. The highest BCUT2D eigenvalue weighted by Crippen LogP contribution is 2.49. The lowest BCUT2D eigenvalue weighted by Crippen LogP contribution is -2.12. The lowest BCUT2D eigenvalue weighted by atomic mass is 9.76. The van der Waals surface area contributed by atoms with E-state index in [9.17, 15) is 0 Å². The molecule has 0 aromatic heterocycles. The van der Waals surface area contributed by atoms with Crippen LogP contribution in [-0.4, -0.2) is 0 Å². The van der Waals surface area contributed by atoms with E-state index in [1.54, 1.807) is 0 Å². The topological polar surface area (TPSA) is 0 Å². The van der Waals surface area contributed by atoms with Crippen molar-refractivity contribution in [3.8, 4) is 33.4 Å². The second-order valence-electron chi connectivity index (χ2n) is 16.4. The lowest BCUT2D eigenvalue weighted by molar-refractivity contribution is 0.475. The van der Waals surface area contributed by atoms with Crippen LogP contribution in [0.25, 0.3) is 82.0 Å². The fourth-order valence-electron chi connectivity index (χ4n) is 10.4. The Morgan fingerprint density at radius 3 is 1.62 bits per heavy atom. The van der Waals surface area contributed by atoms with Gasteiger partial charge in [-0.25, -0.2) is 0 Å². The van der Waals surface area contributed by atoms with Gasteiger partial charge < -0.3 is 0 Å². The van der Waals surface area contributed by atoms with Crippen LogP contribution in [0, 0.1) is 26.7 Å². The van der Waals surface area contributed by atoms with E-state index in [1.807, 2.05) is 0 Å². The molecule has 2 atom stereocenters. The van der Waals surface area contributed by atoms with Crippen LogP contribution in [0.4, 0.5) is 0 Å². The molecule has 0 saturated heterocycles. The third kappa shape index (κ3) is 6.07. The predicted octanol–water partition coefficient (Wildman–Crippen LogP) is 16.4. The van der Waals surface area contributed by atoms with Crippen LogP contribution in [0.3, 0.4) is 0 Å². The molecule has 0 N–H and O–H groups in total. The Labute approximate surface area is 342 Å². The molecule has 0 heterocycles. The lowest BCUT2D eigenvalue weighted by Gasteiger charge is -2.27. The molecule has 0 fully saturated rings. The van der Waals surface area contributed by atoms with Crippen molar-refractivity contribution in [3.63, 3.8) is 0 Å². The molecule has 0 amide bonds. The second kappa shape index (κ2) is 14.8. The van der Waals surface area contributed by atoms with Gasteiger partial charge >= 0.3 is 0 Å². The molecule has 10 rings (SSSR count). The molecule has 0 radical (unpaired) electrons. The maximum Gasteiger partial charge on any atom is 0.00586 e. The van der Waals surface area contributed by atoms with Crippen molar-refractivity contribution < 1.29 is 0 Å². The third-order valence-corrected chi connectivity index (χ3v) is 12.9. The number of fused-ring (bicyclic) bond motifs is 4. The maximum atomic E-state index is 2.48. The summed E-state index contributed by atoms with van der Waals surface area (Å²) >= 11 is 0. The predicted molar refractivity (Wildman–Crippen MR) is 252 cm³/mol. The molecule has 0 aliphatic heterocycles. The molecule has 0 saturated carbocycles. The van der Waals surface area contributed by atoms with Crippen molar-refractivity contribution in [1.82, 2.24) is 0 Å². The van der Waals surface area contributed by atoms with Gasteiger partial charge in [0, 0.05) is 5.92 Å². The van der Waals surface area contributed by atoms with Crippen LogP contribution in [0.15, 0.2) is 182 Å². The van der Waals surface area contributed by atoms with E-state index in [0.29, 0.717) is 5.92 Å². The minimum Gasteiger partial charge on any atom is -0.0767 e. The van der Waals surface area contributed by atoms with Crippen molar-refractivity contribution in [3.05, 3.63) is 210 Å². The normalized spacial score (nSPS) is 15.6. The molecular weight excluding hydrogens is 697 g/mol. The average molecular weight is 745 g/mol.